The van der Waals surface area contributed by atoms with E-state index in [4.69, 9.17) is 5.10 Å². The largest absolute Gasteiger partial charge is 0.158 e. The molecule has 0 N–H and O–H groups in total. The molecule has 1 saturated carbocycles. The third kappa shape index (κ3) is 5.64. The SMILES string of the molecule is CCCC(C)[C@H]1CC[C@H](C(=NN=Cc2ccc(C)cc2)c2ccccc2)CC1. The maximum atomic E-state index is 4.73. The fraction of sp³-hybridized carbons (Fsp3) is 0.462. The van der Waals surface area contributed by atoms with Gasteiger partial charge < -0.3 is 0 Å². The van der Waals surface area contributed by atoms with Gasteiger partial charge in [-0.05, 0) is 55.6 Å². The lowest BCUT2D eigenvalue weighted by molar-refractivity contribution is 0.232. The Labute approximate surface area is 170 Å². The summed E-state index contributed by atoms with van der Waals surface area (Å²) < 4.78 is 0. The molecule has 0 saturated heterocycles. The molecule has 0 aromatic heterocycles. The Morgan fingerprint density at radius 2 is 1.68 bits per heavy atom. The second kappa shape index (κ2) is 10.4. The summed E-state index contributed by atoms with van der Waals surface area (Å²) in [6, 6.07) is 19.0. The molecule has 0 heterocycles. The average molecular weight is 375 g/mol. The molecule has 2 heteroatoms. The van der Waals surface area contributed by atoms with E-state index in [1.807, 2.05) is 6.21 Å². The minimum atomic E-state index is 0.516. The van der Waals surface area contributed by atoms with Crippen LogP contribution in [-0.4, -0.2) is 11.9 Å². The molecule has 0 spiro atoms. The molecule has 1 aliphatic rings. The van der Waals surface area contributed by atoms with Gasteiger partial charge in [-0.1, -0.05) is 86.8 Å². The van der Waals surface area contributed by atoms with Crippen LogP contribution >= 0.6 is 0 Å². The summed E-state index contributed by atoms with van der Waals surface area (Å²) in [5.74, 6) is 2.24. The first-order valence-electron chi connectivity index (χ1n) is 10.9. The summed E-state index contributed by atoms with van der Waals surface area (Å²) in [5, 5.41) is 9.20. The zero-order valence-corrected chi connectivity index (χ0v) is 17.6. The lowest BCUT2D eigenvalue weighted by Crippen LogP contribution is -2.25. The van der Waals surface area contributed by atoms with Crippen molar-refractivity contribution in [3.63, 3.8) is 0 Å². The highest BCUT2D eigenvalue weighted by atomic mass is 15.2. The van der Waals surface area contributed by atoms with Crippen molar-refractivity contribution in [2.24, 2.45) is 28.0 Å². The van der Waals surface area contributed by atoms with Crippen molar-refractivity contribution in [3.8, 4) is 0 Å². The zero-order chi connectivity index (χ0) is 19.8. The maximum absolute atomic E-state index is 4.73. The van der Waals surface area contributed by atoms with Crippen molar-refractivity contribution in [1.82, 2.24) is 0 Å². The van der Waals surface area contributed by atoms with Crippen LogP contribution < -0.4 is 0 Å². The lowest BCUT2D eigenvalue weighted by atomic mass is 9.73. The Kier molecular flexibility index (Phi) is 7.59. The number of aryl methyl sites for hydroxylation is 1. The van der Waals surface area contributed by atoms with Crippen LogP contribution in [0.4, 0.5) is 0 Å². The fourth-order valence-electron chi connectivity index (χ4n) is 4.45. The van der Waals surface area contributed by atoms with E-state index < -0.39 is 0 Å². The van der Waals surface area contributed by atoms with Gasteiger partial charge in [0.25, 0.3) is 0 Å². The van der Waals surface area contributed by atoms with E-state index in [0.29, 0.717) is 5.92 Å². The molecule has 0 amide bonds. The summed E-state index contributed by atoms with van der Waals surface area (Å²) in [4.78, 5) is 0. The Bertz CT molecular complexity index is 766. The second-order valence-corrected chi connectivity index (χ2v) is 8.38. The van der Waals surface area contributed by atoms with E-state index in [2.05, 4.69) is 80.5 Å². The number of benzene rings is 2. The Balaban J connectivity index is 1.74. The summed E-state index contributed by atoms with van der Waals surface area (Å²) >= 11 is 0. The topological polar surface area (TPSA) is 24.7 Å². The fourth-order valence-corrected chi connectivity index (χ4v) is 4.45. The molecule has 1 fully saturated rings. The molecule has 148 valence electrons. The number of nitrogens with zero attached hydrogens (tertiary/aromatic N) is 2. The molecule has 1 unspecified atom stereocenters. The van der Waals surface area contributed by atoms with Crippen LogP contribution in [0, 0.1) is 24.7 Å². The molecule has 0 radical (unpaired) electrons. The monoisotopic (exact) mass is 374 g/mol. The highest BCUT2D eigenvalue weighted by Crippen LogP contribution is 2.36. The van der Waals surface area contributed by atoms with Crippen LogP contribution in [0.2, 0.25) is 0 Å². The molecule has 2 nitrogen and oxygen atoms in total. The van der Waals surface area contributed by atoms with Crippen molar-refractivity contribution in [2.75, 3.05) is 0 Å². The summed E-state index contributed by atoms with van der Waals surface area (Å²) in [7, 11) is 0. The summed E-state index contributed by atoms with van der Waals surface area (Å²) in [6.07, 6.45) is 9.62. The minimum absolute atomic E-state index is 0.516. The van der Waals surface area contributed by atoms with Crippen LogP contribution in [0.1, 0.15) is 69.1 Å². The molecule has 28 heavy (non-hydrogen) atoms. The zero-order valence-electron chi connectivity index (χ0n) is 17.6. The molecule has 0 bridgehead atoms. The summed E-state index contributed by atoms with van der Waals surface area (Å²) in [5.41, 5.74) is 4.73. The van der Waals surface area contributed by atoms with Gasteiger partial charge in [-0.2, -0.15) is 10.2 Å². The molecule has 2 aromatic carbocycles. The van der Waals surface area contributed by atoms with E-state index in [-0.39, 0.29) is 0 Å². The van der Waals surface area contributed by atoms with Crippen molar-refractivity contribution in [2.45, 2.75) is 59.3 Å². The van der Waals surface area contributed by atoms with Gasteiger partial charge in [0, 0.05) is 5.92 Å². The van der Waals surface area contributed by atoms with Crippen molar-refractivity contribution in [1.29, 1.82) is 0 Å². The minimum Gasteiger partial charge on any atom is -0.158 e. The van der Waals surface area contributed by atoms with E-state index in [9.17, 15) is 0 Å². The van der Waals surface area contributed by atoms with E-state index in [1.54, 1.807) is 0 Å². The van der Waals surface area contributed by atoms with Gasteiger partial charge in [-0.15, -0.1) is 0 Å². The smallest absolute Gasteiger partial charge is 0.0733 e. The Hall–Kier alpha value is -2.22. The van der Waals surface area contributed by atoms with E-state index in [1.165, 1.54) is 49.7 Å². The third-order valence-corrected chi connectivity index (χ3v) is 6.23. The Morgan fingerprint density at radius 3 is 2.32 bits per heavy atom. The molecule has 2 aromatic rings. The first-order valence-corrected chi connectivity index (χ1v) is 10.9. The number of hydrogen-bond donors (Lipinski definition) is 0. The van der Waals surface area contributed by atoms with Crippen LogP contribution in [0.3, 0.4) is 0 Å². The van der Waals surface area contributed by atoms with E-state index in [0.717, 1.165) is 23.1 Å². The predicted octanol–water partition coefficient (Wildman–Crippen LogP) is 7.06. The first kappa shape index (κ1) is 20.5. The highest BCUT2D eigenvalue weighted by Gasteiger charge is 2.28. The standard InChI is InChI=1S/C26H34N2/c1-4-8-21(3)23-15-17-25(18-16-23)26(24-9-6-5-7-10-24)28-27-19-22-13-11-20(2)12-14-22/h5-7,9-14,19,21,23,25H,4,8,15-18H2,1-3H3/t21?,23-,25-. The van der Waals surface area contributed by atoms with Gasteiger partial charge in [0.15, 0.2) is 0 Å². The second-order valence-electron chi connectivity index (χ2n) is 8.38. The average Bonchev–Trinajstić information content (AvgIpc) is 2.73. The lowest BCUT2D eigenvalue weighted by Gasteiger charge is -2.32. The molecule has 1 atom stereocenters. The highest BCUT2D eigenvalue weighted by molar-refractivity contribution is 6.02. The quantitative estimate of drug-likeness (QED) is 0.366. The van der Waals surface area contributed by atoms with Crippen LogP contribution in [0.15, 0.2) is 64.8 Å². The summed E-state index contributed by atoms with van der Waals surface area (Å²) in [6.45, 7) is 6.84. The Morgan fingerprint density at radius 1 is 1.00 bits per heavy atom. The first-order chi connectivity index (χ1) is 13.7. The predicted molar refractivity (Wildman–Crippen MR) is 121 cm³/mol. The molecule has 0 aliphatic heterocycles. The van der Waals surface area contributed by atoms with Gasteiger partial charge in [-0.25, -0.2) is 0 Å². The van der Waals surface area contributed by atoms with Gasteiger partial charge in [0.2, 0.25) is 0 Å². The van der Waals surface area contributed by atoms with Crippen LogP contribution in [0.5, 0.6) is 0 Å². The molecular weight excluding hydrogens is 340 g/mol. The molecular formula is C26H34N2. The third-order valence-electron chi connectivity index (χ3n) is 6.23. The maximum Gasteiger partial charge on any atom is 0.0733 e. The van der Waals surface area contributed by atoms with Gasteiger partial charge >= 0.3 is 0 Å². The number of hydrogen-bond acceptors (Lipinski definition) is 2. The van der Waals surface area contributed by atoms with Gasteiger partial charge in [0.05, 0.1) is 11.9 Å². The normalized spacial score (nSPS) is 21.8. The van der Waals surface area contributed by atoms with Gasteiger partial charge in [-0.3, -0.25) is 0 Å². The van der Waals surface area contributed by atoms with Crippen LogP contribution in [0.25, 0.3) is 0 Å². The van der Waals surface area contributed by atoms with Crippen molar-refractivity contribution >= 4 is 11.9 Å². The molecule has 1 aliphatic carbocycles. The van der Waals surface area contributed by atoms with Gasteiger partial charge in [0.1, 0.15) is 0 Å². The van der Waals surface area contributed by atoms with Crippen molar-refractivity contribution < 1.29 is 0 Å². The molecule has 3 rings (SSSR count). The van der Waals surface area contributed by atoms with E-state index >= 15 is 0 Å². The van der Waals surface area contributed by atoms with Crippen LogP contribution in [-0.2, 0) is 0 Å². The number of rotatable bonds is 7. The van der Waals surface area contributed by atoms with Crippen molar-refractivity contribution in [3.05, 3.63) is 71.3 Å².